The largest absolute Gasteiger partial charge is 0.569 e. The van der Waals surface area contributed by atoms with E-state index in [-0.39, 0.29) is 5.91 Å². The topological polar surface area (TPSA) is 49.8 Å². The Hall–Kier alpha value is -1.49. The summed E-state index contributed by atoms with van der Waals surface area (Å²) in [5, 5.41) is 8.53. The molecule has 0 saturated carbocycles. The third kappa shape index (κ3) is 1.90. The minimum Gasteiger partial charge on any atom is -0.537 e. The number of carbonyl (C=O) groups excluding carboxylic acids is 1. The standard InChI is InChI=1S/C11H13BNO3/c1-2-11(14)13-6-5-8-7-9(16-12-15)3-4-10(8)13/h3-4,7,15H,2,5-6H2,1H3. The van der Waals surface area contributed by atoms with Crippen LogP contribution in [0.15, 0.2) is 18.2 Å². The quantitative estimate of drug-likeness (QED) is 0.766. The highest BCUT2D eigenvalue weighted by molar-refractivity contribution is 6.17. The van der Waals surface area contributed by atoms with Gasteiger partial charge in [-0.3, -0.25) is 4.79 Å². The molecule has 0 atom stereocenters. The first-order valence-electron chi connectivity index (χ1n) is 5.32. The minimum absolute atomic E-state index is 0.140. The van der Waals surface area contributed by atoms with Gasteiger partial charge in [-0.15, -0.1) is 0 Å². The van der Waals surface area contributed by atoms with Crippen LogP contribution in [0.4, 0.5) is 5.69 Å². The summed E-state index contributed by atoms with van der Waals surface area (Å²) in [5.74, 6) is 0.730. The molecule has 1 aliphatic rings. The fourth-order valence-corrected chi connectivity index (χ4v) is 1.96. The molecule has 0 unspecified atom stereocenters. The van der Waals surface area contributed by atoms with E-state index in [1.807, 2.05) is 19.1 Å². The van der Waals surface area contributed by atoms with E-state index >= 15 is 0 Å². The number of benzene rings is 1. The molecule has 0 saturated heterocycles. The van der Waals surface area contributed by atoms with Crippen molar-refractivity contribution in [3.05, 3.63) is 23.8 Å². The van der Waals surface area contributed by atoms with E-state index in [0.29, 0.717) is 19.9 Å². The smallest absolute Gasteiger partial charge is 0.537 e. The van der Waals surface area contributed by atoms with Gasteiger partial charge in [-0.1, -0.05) is 6.92 Å². The number of hydrogen-bond acceptors (Lipinski definition) is 3. The number of nitrogens with zero attached hydrogens (tertiary/aromatic N) is 1. The van der Waals surface area contributed by atoms with Gasteiger partial charge in [-0.2, -0.15) is 0 Å². The summed E-state index contributed by atoms with van der Waals surface area (Å²) in [7, 11) is 0.658. The molecule has 16 heavy (non-hydrogen) atoms. The van der Waals surface area contributed by atoms with Crippen molar-refractivity contribution >= 4 is 19.3 Å². The third-order valence-electron chi connectivity index (χ3n) is 2.74. The first kappa shape index (κ1) is 11.0. The van der Waals surface area contributed by atoms with E-state index < -0.39 is 0 Å². The normalized spacial score (nSPS) is 13.5. The van der Waals surface area contributed by atoms with E-state index in [0.717, 1.165) is 24.2 Å². The summed E-state index contributed by atoms with van der Waals surface area (Å²) < 4.78 is 4.88. The van der Waals surface area contributed by atoms with Crippen LogP contribution < -0.4 is 9.55 Å². The van der Waals surface area contributed by atoms with Gasteiger partial charge in [0.1, 0.15) is 5.75 Å². The Morgan fingerprint density at radius 1 is 1.62 bits per heavy atom. The van der Waals surface area contributed by atoms with Crippen LogP contribution in [0.2, 0.25) is 0 Å². The molecule has 1 aromatic carbocycles. The first-order valence-corrected chi connectivity index (χ1v) is 5.32. The average Bonchev–Trinajstić information content (AvgIpc) is 2.71. The zero-order chi connectivity index (χ0) is 11.5. The molecule has 0 spiro atoms. The summed E-state index contributed by atoms with van der Waals surface area (Å²) in [4.78, 5) is 13.4. The predicted molar refractivity (Wildman–Crippen MR) is 61.4 cm³/mol. The lowest BCUT2D eigenvalue weighted by atomic mass is 10.1. The zero-order valence-electron chi connectivity index (χ0n) is 9.14. The van der Waals surface area contributed by atoms with Gasteiger partial charge in [0.05, 0.1) is 0 Å². The highest BCUT2D eigenvalue weighted by Crippen LogP contribution is 2.31. The van der Waals surface area contributed by atoms with Gasteiger partial charge < -0.3 is 14.6 Å². The molecule has 1 amide bonds. The number of hydrogen-bond donors (Lipinski definition) is 1. The Balaban J connectivity index is 2.25. The molecule has 4 nitrogen and oxygen atoms in total. The molecule has 0 aliphatic carbocycles. The lowest BCUT2D eigenvalue weighted by Crippen LogP contribution is -2.27. The van der Waals surface area contributed by atoms with Gasteiger partial charge in [0.2, 0.25) is 5.91 Å². The summed E-state index contributed by atoms with van der Waals surface area (Å²) in [6.07, 6.45) is 1.35. The molecule has 1 aliphatic heterocycles. The molecule has 0 aromatic heterocycles. The van der Waals surface area contributed by atoms with Crippen LogP contribution in [-0.2, 0) is 11.2 Å². The second kappa shape index (κ2) is 4.57. The van der Waals surface area contributed by atoms with Gasteiger partial charge in [0, 0.05) is 18.7 Å². The molecule has 0 fully saturated rings. The molecule has 0 bridgehead atoms. The fourth-order valence-electron chi connectivity index (χ4n) is 1.96. The molecule has 83 valence electrons. The number of rotatable bonds is 3. The number of anilines is 1. The minimum atomic E-state index is 0.140. The van der Waals surface area contributed by atoms with Crippen molar-refractivity contribution in [3.8, 4) is 5.75 Å². The summed E-state index contributed by atoms with van der Waals surface area (Å²) in [6.45, 7) is 2.59. The van der Waals surface area contributed by atoms with E-state index in [1.165, 1.54) is 0 Å². The van der Waals surface area contributed by atoms with Gasteiger partial charge in [-0.05, 0) is 30.2 Å². The van der Waals surface area contributed by atoms with E-state index in [4.69, 9.17) is 9.68 Å². The zero-order valence-corrected chi connectivity index (χ0v) is 9.14. The highest BCUT2D eigenvalue weighted by Gasteiger charge is 2.23. The predicted octanol–water partition coefficient (Wildman–Crippen LogP) is 0.891. The van der Waals surface area contributed by atoms with Crippen molar-refractivity contribution in [3.63, 3.8) is 0 Å². The van der Waals surface area contributed by atoms with Gasteiger partial charge in [0.15, 0.2) is 0 Å². The van der Waals surface area contributed by atoms with Gasteiger partial charge in [-0.25, -0.2) is 0 Å². The maximum Gasteiger partial charge on any atom is 0.569 e. The monoisotopic (exact) mass is 218 g/mol. The van der Waals surface area contributed by atoms with Crippen LogP contribution in [0.25, 0.3) is 0 Å². The van der Waals surface area contributed by atoms with E-state index in [9.17, 15) is 4.79 Å². The molecular weight excluding hydrogens is 205 g/mol. The lowest BCUT2D eigenvalue weighted by Gasteiger charge is -2.16. The van der Waals surface area contributed by atoms with Crippen molar-refractivity contribution in [2.45, 2.75) is 19.8 Å². The number of fused-ring (bicyclic) bond motifs is 1. The number of amides is 1. The lowest BCUT2D eigenvalue weighted by molar-refractivity contribution is -0.118. The summed E-state index contributed by atoms with van der Waals surface area (Å²) in [6, 6.07) is 5.45. The van der Waals surface area contributed by atoms with Crippen LogP contribution >= 0.6 is 0 Å². The van der Waals surface area contributed by atoms with Crippen LogP contribution in [0.3, 0.4) is 0 Å². The Morgan fingerprint density at radius 3 is 3.12 bits per heavy atom. The maximum atomic E-state index is 11.6. The van der Waals surface area contributed by atoms with Crippen molar-refractivity contribution in [1.29, 1.82) is 0 Å². The Kier molecular flexibility index (Phi) is 3.15. The van der Waals surface area contributed by atoms with Crippen LogP contribution in [0.5, 0.6) is 5.75 Å². The Labute approximate surface area is 95.1 Å². The van der Waals surface area contributed by atoms with Crippen LogP contribution in [0.1, 0.15) is 18.9 Å². The fraction of sp³-hybridized carbons (Fsp3) is 0.364. The molecule has 1 N–H and O–H groups in total. The van der Waals surface area contributed by atoms with E-state index in [2.05, 4.69) is 0 Å². The first-order chi connectivity index (χ1) is 7.76. The summed E-state index contributed by atoms with van der Waals surface area (Å²) in [5.41, 5.74) is 2.04. The van der Waals surface area contributed by atoms with Crippen molar-refractivity contribution in [2.75, 3.05) is 11.4 Å². The highest BCUT2D eigenvalue weighted by atomic mass is 16.5. The SMILES string of the molecule is CCC(=O)N1CCc2cc(O[B]O)ccc21. The van der Waals surface area contributed by atoms with E-state index in [1.54, 1.807) is 11.0 Å². The molecule has 1 aromatic rings. The van der Waals surface area contributed by atoms with Gasteiger partial charge >= 0.3 is 7.69 Å². The Bertz CT molecular complexity index is 408. The van der Waals surface area contributed by atoms with Crippen molar-refractivity contribution < 1.29 is 14.5 Å². The average molecular weight is 218 g/mol. The van der Waals surface area contributed by atoms with Crippen molar-refractivity contribution in [1.82, 2.24) is 0 Å². The van der Waals surface area contributed by atoms with Crippen LogP contribution in [0, 0.1) is 0 Å². The molecule has 2 rings (SSSR count). The molecule has 5 heteroatoms. The maximum absolute atomic E-state index is 11.6. The van der Waals surface area contributed by atoms with Gasteiger partial charge in [0.25, 0.3) is 0 Å². The second-order valence-electron chi connectivity index (χ2n) is 3.66. The van der Waals surface area contributed by atoms with Crippen molar-refractivity contribution in [2.24, 2.45) is 0 Å². The second-order valence-corrected chi connectivity index (χ2v) is 3.66. The summed E-state index contributed by atoms with van der Waals surface area (Å²) >= 11 is 0. The molecular formula is C11H13BNO3. The third-order valence-corrected chi connectivity index (χ3v) is 2.74. The Morgan fingerprint density at radius 2 is 2.44 bits per heavy atom. The van der Waals surface area contributed by atoms with Crippen LogP contribution in [-0.4, -0.2) is 25.2 Å². The number of carbonyl (C=O) groups is 1. The molecule has 1 heterocycles. The molecule has 1 radical (unpaired) electrons.